The number of halogens is 1. The molecule has 1 saturated heterocycles. The Morgan fingerprint density at radius 3 is 2.79 bits per heavy atom. The highest BCUT2D eigenvalue weighted by Crippen LogP contribution is 2.29. The Balaban J connectivity index is 1.61. The van der Waals surface area contributed by atoms with Crippen molar-refractivity contribution in [3.05, 3.63) is 47.5 Å². The maximum Gasteiger partial charge on any atom is 0.242 e. The van der Waals surface area contributed by atoms with Crippen LogP contribution < -0.4 is 15.5 Å². The van der Waals surface area contributed by atoms with Gasteiger partial charge in [0.1, 0.15) is 23.8 Å². The Morgan fingerprint density at radius 2 is 2.00 bits per heavy atom. The Morgan fingerprint density at radius 1 is 1.21 bits per heavy atom. The Labute approximate surface area is 164 Å². The summed E-state index contributed by atoms with van der Waals surface area (Å²) in [5.41, 5.74) is 1.45. The van der Waals surface area contributed by atoms with E-state index in [-0.39, 0.29) is 17.8 Å². The van der Waals surface area contributed by atoms with Crippen LogP contribution in [0.5, 0.6) is 0 Å². The molecule has 0 atom stereocenters. The topological polar surface area (TPSA) is 73.4 Å². The van der Waals surface area contributed by atoms with Crippen LogP contribution in [-0.4, -0.2) is 53.5 Å². The van der Waals surface area contributed by atoms with Crippen molar-refractivity contribution in [3.8, 4) is 0 Å². The number of benzene rings is 1. The molecule has 0 spiro atoms. The van der Waals surface area contributed by atoms with Gasteiger partial charge in [0.2, 0.25) is 5.91 Å². The monoisotopic (exact) mass is 384 g/mol. The molecule has 2 aliphatic heterocycles. The number of amides is 1. The normalized spacial score (nSPS) is 18.0. The third-order valence-corrected chi connectivity index (χ3v) is 5.46. The van der Waals surface area contributed by atoms with Crippen molar-refractivity contribution in [2.45, 2.75) is 32.0 Å². The van der Waals surface area contributed by atoms with Crippen LogP contribution in [0.2, 0.25) is 0 Å². The molecule has 28 heavy (non-hydrogen) atoms. The molecule has 2 N–H and O–H groups in total. The van der Waals surface area contributed by atoms with Gasteiger partial charge in [-0.2, -0.15) is 0 Å². The lowest BCUT2D eigenvalue weighted by molar-refractivity contribution is -0.133. The number of carbonyl (C=O) groups excluding carboxylic acids is 1. The minimum absolute atomic E-state index is 0.104. The van der Waals surface area contributed by atoms with Gasteiger partial charge in [0.15, 0.2) is 0 Å². The summed E-state index contributed by atoms with van der Waals surface area (Å²) in [4.78, 5) is 25.5. The number of nitrogens with one attached hydrogen (secondary N) is 2. The summed E-state index contributed by atoms with van der Waals surface area (Å²) in [5.74, 6) is 1.25. The summed E-state index contributed by atoms with van der Waals surface area (Å²) < 4.78 is 14.0. The zero-order valence-corrected chi connectivity index (χ0v) is 16.0. The number of rotatable bonds is 4. The van der Waals surface area contributed by atoms with Crippen LogP contribution in [0.4, 0.5) is 16.0 Å². The number of fused-ring (bicyclic) bond motifs is 1. The lowest BCUT2D eigenvalue weighted by Crippen LogP contribution is -2.47. The van der Waals surface area contributed by atoms with Gasteiger partial charge in [-0.3, -0.25) is 4.79 Å². The Bertz CT molecular complexity index is 854. The first kappa shape index (κ1) is 18.6. The molecule has 3 heterocycles. The van der Waals surface area contributed by atoms with Gasteiger partial charge in [-0.25, -0.2) is 14.4 Å². The van der Waals surface area contributed by atoms with Gasteiger partial charge in [0.05, 0.1) is 18.7 Å². The molecular weight excluding hydrogens is 359 g/mol. The summed E-state index contributed by atoms with van der Waals surface area (Å²) in [5, 5.41) is 6.59. The molecule has 1 fully saturated rings. The highest BCUT2D eigenvalue weighted by atomic mass is 19.1. The quantitative estimate of drug-likeness (QED) is 0.837. The van der Waals surface area contributed by atoms with E-state index in [0.29, 0.717) is 31.0 Å². The van der Waals surface area contributed by atoms with Crippen molar-refractivity contribution >= 4 is 17.5 Å². The van der Waals surface area contributed by atoms with Gasteiger partial charge < -0.3 is 20.4 Å². The van der Waals surface area contributed by atoms with Gasteiger partial charge >= 0.3 is 0 Å². The largest absolute Gasteiger partial charge is 0.365 e. The maximum absolute atomic E-state index is 14.0. The van der Waals surface area contributed by atoms with E-state index in [1.807, 2.05) is 22.9 Å². The van der Waals surface area contributed by atoms with E-state index in [2.05, 4.69) is 20.6 Å². The van der Waals surface area contributed by atoms with Crippen molar-refractivity contribution in [1.82, 2.24) is 20.2 Å². The van der Waals surface area contributed by atoms with Gasteiger partial charge in [-0.15, -0.1) is 0 Å². The lowest BCUT2D eigenvalue weighted by Gasteiger charge is -2.34. The summed E-state index contributed by atoms with van der Waals surface area (Å²) in [6.45, 7) is 2.91. The van der Waals surface area contributed by atoms with Crippen molar-refractivity contribution in [1.29, 1.82) is 0 Å². The van der Waals surface area contributed by atoms with E-state index in [4.69, 9.17) is 0 Å². The zero-order chi connectivity index (χ0) is 19.5. The molecule has 0 bridgehead atoms. The fourth-order valence-corrected chi connectivity index (χ4v) is 3.93. The van der Waals surface area contributed by atoms with E-state index < -0.39 is 0 Å². The number of hydrogen-bond donors (Lipinski definition) is 2. The van der Waals surface area contributed by atoms with E-state index in [1.54, 1.807) is 12.1 Å². The molecule has 1 aromatic carbocycles. The highest BCUT2D eigenvalue weighted by molar-refractivity contribution is 5.84. The third kappa shape index (κ3) is 3.77. The molecule has 1 aromatic heterocycles. The minimum Gasteiger partial charge on any atom is -0.365 e. The fourth-order valence-electron chi connectivity index (χ4n) is 3.93. The number of anilines is 2. The van der Waals surface area contributed by atoms with E-state index in [9.17, 15) is 9.18 Å². The van der Waals surface area contributed by atoms with Crippen molar-refractivity contribution in [3.63, 3.8) is 0 Å². The minimum atomic E-state index is -0.251. The van der Waals surface area contributed by atoms with Gasteiger partial charge in [-0.05, 0) is 32.0 Å². The predicted octanol–water partition coefficient (Wildman–Crippen LogP) is 1.76. The van der Waals surface area contributed by atoms with E-state index in [1.165, 1.54) is 12.4 Å². The lowest BCUT2D eigenvalue weighted by atomic mass is 10.0. The van der Waals surface area contributed by atoms with Gasteiger partial charge in [0, 0.05) is 25.2 Å². The number of nitrogens with zero attached hydrogens (tertiary/aromatic N) is 4. The molecule has 0 aliphatic carbocycles. The average Bonchev–Trinajstić information content (AvgIpc) is 2.84. The molecule has 1 amide bonds. The summed E-state index contributed by atoms with van der Waals surface area (Å²) in [6.07, 6.45) is 3.37. The number of carbonyl (C=O) groups is 1. The van der Waals surface area contributed by atoms with Crippen molar-refractivity contribution in [2.75, 3.05) is 36.9 Å². The van der Waals surface area contributed by atoms with Crippen LogP contribution in [0.1, 0.15) is 24.0 Å². The van der Waals surface area contributed by atoms with Crippen LogP contribution in [-0.2, 0) is 17.9 Å². The zero-order valence-electron chi connectivity index (χ0n) is 16.0. The number of hydrogen-bond acceptors (Lipinski definition) is 6. The Hall–Kier alpha value is -2.74. The molecule has 0 saturated carbocycles. The van der Waals surface area contributed by atoms with Crippen LogP contribution in [0, 0.1) is 5.82 Å². The molecular formula is C20H25FN6O. The molecule has 2 aromatic rings. The molecule has 148 valence electrons. The number of aromatic nitrogens is 2. The second-order valence-corrected chi connectivity index (χ2v) is 7.33. The second-order valence-electron chi connectivity index (χ2n) is 7.33. The molecule has 8 heteroatoms. The molecule has 0 unspecified atom stereocenters. The smallest absolute Gasteiger partial charge is 0.242 e. The molecule has 0 radical (unpaired) electrons. The first-order valence-electron chi connectivity index (χ1n) is 9.66. The van der Waals surface area contributed by atoms with Crippen LogP contribution in [0.3, 0.4) is 0 Å². The summed E-state index contributed by atoms with van der Waals surface area (Å²) >= 11 is 0. The van der Waals surface area contributed by atoms with E-state index in [0.717, 1.165) is 37.3 Å². The first-order valence-corrected chi connectivity index (χ1v) is 9.66. The molecule has 2 aliphatic rings. The fraction of sp³-hybridized carbons (Fsp3) is 0.450. The average molecular weight is 384 g/mol. The number of likely N-dealkylation sites (N-methyl/N-ethyl adjacent to an activating group) is 1. The van der Waals surface area contributed by atoms with Crippen LogP contribution >= 0.6 is 0 Å². The molecule has 7 nitrogen and oxygen atoms in total. The third-order valence-electron chi connectivity index (χ3n) is 5.46. The van der Waals surface area contributed by atoms with Crippen molar-refractivity contribution < 1.29 is 9.18 Å². The SMILES string of the molecule is CN1CC(=O)N(C2CCNCC2)Cc2c(NCc3ccccc3F)ncnc21. The summed E-state index contributed by atoms with van der Waals surface area (Å²) in [7, 11) is 1.87. The van der Waals surface area contributed by atoms with Gasteiger partial charge in [-0.1, -0.05) is 18.2 Å². The summed E-state index contributed by atoms with van der Waals surface area (Å²) in [6, 6.07) is 6.90. The van der Waals surface area contributed by atoms with Crippen LogP contribution in [0.15, 0.2) is 30.6 Å². The second kappa shape index (κ2) is 8.10. The maximum atomic E-state index is 14.0. The highest BCUT2D eigenvalue weighted by Gasteiger charge is 2.32. The van der Waals surface area contributed by atoms with Gasteiger partial charge in [0.25, 0.3) is 0 Å². The molecule has 4 rings (SSSR count). The Kier molecular flexibility index (Phi) is 5.38. The standard InChI is InChI=1S/C20H25FN6O/c1-26-12-18(28)27(15-6-8-22-9-7-15)11-16-19(24-13-25-20(16)26)23-10-14-4-2-3-5-17(14)21/h2-5,13,15,22H,6-12H2,1H3,(H,23,24,25). The van der Waals surface area contributed by atoms with Crippen molar-refractivity contribution in [2.24, 2.45) is 0 Å². The number of piperidine rings is 1. The van der Waals surface area contributed by atoms with E-state index >= 15 is 0 Å². The predicted molar refractivity (Wildman–Crippen MR) is 105 cm³/mol. The first-order chi connectivity index (χ1) is 13.6. The van der Waals surface area contributed by atoms with Crippen LogP contribution in [0.25, 0.3) is 0 Å².